The Labute approximate surface area is 119 Å². The van der Waals surface area contributed by atoms with Crippen LogP contribution in [0.1, 0.15) is 20.7 Å². The number of methoxy groups -OCH3 is 1. The van der Waals surface area contributed by atoms with Crippen LogP contribution in [-0.4, -0.2) is 29.3 Å². The number of hydrogen-bond acceptors (Lipinski definition) is 3. The quantitative estimate of drug-likeness (QED) is 0.904. The molecule has 0 saturated heterocycles. The predicted molar refractivity (Wildman–Crippen MR) is 72.3 cm³/mol. The van der Waals surface area contributed by atoms with Gasteiger partial charge in [-0.3, -0.25) is 0 Å². The van der Waals surface area contributed by atoms with E-state index in [4.69, 9.17) is 14.9 Å². The summed E-state index contributed by atoms with van der Waals surface area (Å²) < 4.78 is 18.7. The molecule has 0 aliphatic rings. The van der Waals surface area contributed by atoms with E-state index in [9.17, 15) is 14.0 Å². The molecule has 108 valence electrons. The summed E-state index contributed by atoms with van der Waals surface area (Å²) in [6, 6.07) is 7.99. The van der Waals surface area contributed by atoms with E-state index < -0.39 is 23.3 Å². The fourth-order valence-electron chi connectivity index (χ4n) is 1.92. The Bertz CT molecular complexity index is 724. The number of carboxylic acid groups (broad SMARTS) is 2. The molecule has 0 aliphatic heterocycles. The highest BCUT2D eigenvalue weighted by molar-refractivity contribution is 5.92. The topological polar surface area (TPSA) is 83.8 Å². The predicted octanol–water partition coefficient (Wildman–Crippen LogP) is 2.90. The number of rotatable bonds is 4. The van der Waals surface area contributed by atoms with Gasteiger partial charge in [-0.15, -0.1) is 0 Å². The number of aromatic carboxylic acids is 2. The second-order valence-electron chi connectivity index (χ2n) is 4.22. The van der Waals surface area contributed by atoms with Gasteiger partial charge in [0.05, 0.1) is 12.7 Å². The fraction of sp³-hybridized carbons (Fsp3) is 0.0667. The summed E-state index contributed by atoms with van der Waals surface area (Å²) in [6.07, 6.45) is 0. The monoisotopic (exact) mass is 290 g/mol. The number of carbonyl (C=O) groups is 2. The van der Waals surface area contributed by atoms with Gasteiger partial charge in [-0.1, -0.05) is 12.1 Å². The largest absolute Gasteiger partial charge is 0.496 e. The molecular weight excluding hydrogens is 279 g/mol. The molecule has 0 heterocycles. The zero-order valence-electron chi connectivity index (χ0n) is 11.0. The molecule has 0 unspecified atom stereocenters. The molecule has 0 bridgehead atoms. The molecule has 0 amide bonds. The maximum Gasteiger partial charge on any atom is 0.339 e. The van der Waals surface area contributed by atoms with Crippen molar-refractivity contribution in [2.45, 2.75) is 0 Å². The van der Waals surface area contributed by atoms with Gasteiger partial charge in [0.2, 0.25) is 0 Å². The number of carboxylic acids is 2. The second kappa shape index (κ2) is 5.62. The van der Waals surface area contributed by atoms with E-state index in [1.165, 1.54) is 31.4 Å². The van der Waals surface area contributed by atoms with Crippen LogP contribution in [0.25, 0.3) is 11.1 Å². The summed E-state index contributed by atoms with van der Waals surface area (Å²) in [5.74, 6) is -3.20. The summed E-state index contributed by atoms with van der Waals surface area (Å²) in [5, 5.41) is 17.8. The van der Waals surface area contributed by atoms with Crippen LogP contribution in [0, 0.1) is 5.82 Å². The summed E-state index contributed by atoms with van der Waals surface area (Å²) in [5.41, 5.74) is 0.511. The normalized spacial score (nSPS) is 10.2. The van der Waals surface area contributed by atoms with E-state index in [0.717, 1.165) is 12.1 Å². The van der Waals surface area contributed by atoms with Crippen molar-refractivity contribution in [3.05, 3.63) is 53.3 Å². The van der Waals surface area contributed by atoms with E-state index in [2.05, 4.69) is 0 Å². The van der Waals surface area contributed by atoms with E-state index in [1.54, 1.807) is 0 Å². The molecule has 0 atom stereocenters. The minimum absolute atomic E-state index is 0.0103. The van der Waals surface area contributed by atoms with Gasteiger partial charge >= 0.3 is 11.9 Å². The fourth-order valence-corrected chi connectivity index (χ4v) is 1.92. The van der Waals surface area contributed by atoms with E-state index in [0.29, 0.717) is 11.1 Å². The number of ether oxygens (including phenoxy) is 1. The van der Waals surface area contributed by atoms with Gasteiger partial charge in [-0.05, 0) is 35.4 Å². The van der Waals surface area contributed by atoms with Gasteiger partial charge in [-0.25, -0.2) is 14.0 Å². The SMILES string of the molecule is COc1cc(-c2ccc(C(=O)O)c(F)c2)ccc1C(=O)O. The van der Waals surface area contributed by atoms with Crippen LogP contribution < -0.4 is 4.74 Å². The van der Waals surface area contributed by atoms with Crippen LogP contribution in [0.4, 0.5) is 4.39 Å². The Morgan fingerprint density at radius 2 is 1.48 bits per heavy atom. The first-order valence-electron chi connectivity index (χ1n) is 5.88. The second-order valence-corrected chi connectivity index (χ2v) is 4.22. The third kappa shape index (κ3) is 2.84. The first-order chi connectivity index (χ1) is 9.93. The highest BCUT2D eigenvalue weighted by Gasteiger charge is 2.14. The molecule has 0 saturated carbocycles. The zero-order chi connectivity index (χ0) is 15.6. The third-order valence-electron chi connectivity index (χ3n) is 2.96. The van der Waals surface area contributed by atoms with Crippen LogP contribution in [0.15, 0.2) is 36.4 Å². The maximum atomic E-state index is 13.7. The maximum absolute atomic E-state index is 13.7. The molecule has 6 heteroatoms. The number of hydrogen-bond donors (Lipinski definition) is 2. The van der Waals surface area contributed by atoms with Gasteiger partial charge in [0.25, 0.3) is 0 Å². The summed E-state index contributed by atoms with van der Waals surface area (Å²) in [6.45, 7) is 0. The summed E-state index contributed by atoms with van der Waals surface area (Å²) in [4.78, 5) is 21.8. The molecule has 2 aromatic rings. The first-order valence-corrected chi connectivity index (χ1v) is 5.88. The zero-order valence-corrected chi connectivity index (χ0v) is 11.0. The van der Waals surface area contributed by atoms with Crippen molar-refractivity contribution >= 4 is 11.9 Å². The first kappa shape index (κ1) is 14.5. The minimum atomic E-state index is -1.35. The third-order valence-corrected chi connectivity index (χ3v) is 2.96. The van der Waals surface area contributed by atoms with Crippen molar-refractivity contribution in [2.24, 2.45) is 0 Å². The van der Waals surface area contributed by atoms with E-state index >= 15 is 0 Å². The van der Waals surface area contributed by atoms with Crippen molar-refractivity contribution in [3.63, 3.8) is 0 Å². The lowest BCUT2D eigenvalue weighted by molar-refractivity contribution is 0.0681. The average molecular weight is 290 g/mol. The molecule has 0 spiro atoms. The summed E-state index contributed by atoms with van der Waals surface area (Å²) in [7, 11) is 1.33. The molecule has 2 aromatic carbocycles. The Balaban J connectivity index is 2.50. The van der Waals surface area contributed by atoms with E-state index in [1.807, 2.05) is 0 Å². The van der Waals surface area contributed by atoms with Gasteiger partial charge < -0.3 is 14.9 Å². The standard InChI is InChI=1S/C15H11FO5/c1-21-13-7-9(3-5-11(13)15(19)20)8-2-4-10(14(17)18)12(16)6-8/h2-7H,1H3,(H,17,18)(H,19,20). The Morgan fingerprint density at radius 1 is 0.952 bits per heavy atom. The minimum Gasteiger partial charge on any atom is -0.496 e. The van der Waals surface area contributed by atoms with Crippen LogP contribution in [0.3, 0.4) is 0 Å². The molecule has 0 aliphatic carbocycles. The van der Waals surface area contributed by atoms with Gasteiger partial charge in [-0.2, -0.15) is 0 Å². The van der Waals surface area contributed by atoms with Gasteiger partial charge in [0, 0.05) is 0 Å². The van der Waals surface area contributed by atoms with Crippen LogP contribution >= 0.6 is 0 Å². The van der Waals surface area contributed by atoms with Crippen molar-refractivity contribution in [1.29, 1.82) is 0 Å². The van der Waals surface area contributed by atoms with Crippen LogP contribution in [0.2, 0.25) is 0 Å². The van der Waals surface area contributed by atoms with Crippen LogP contribution in [0.5, 0.6) is 5.75 Å². The number of halogens is 1. The lowest BCUT2D eigenvalue weighted by Crippen LogP contribution is -2.01. The van der Waals surface area contributed by atoms with Crippen molar-refractivity contribution in [2.75, 3.05) is 7.11 Å². The lowest BCUT2D eigenvalue weighted by atomic mass is 10.0. The average Bonchev–Trinajstić information content (AvgIpc) is 2.45. The van der Waals surface area contributed by atoms with Crippen LogP contribution in [-0.2, 0) is 0 Å². The molecule has 21 heavy (non-hydrogen) atoms. The van der Waals surface area contributed by atoms with Crippen molar-refractivity contribution in [1.82, 2.24) is 0 Å². The highest BCUT2D eigenvalue weighted by atomic mass is 19.1. The molecule has 0 radical (unpaired) electrons. The molecule has 2 N–H and O–H groups in total. The van der Waals surface area contributed by atoms with Crippen molar-refractivity contribution in [3.8, 4) is 16.9 Å². The lowest BCUT2D eigenvalue weighted by Gasteiger charge is -2.09. The Kier molecular flexibility index (Phi) is 3.89. The molecule has 5 nitrogen and oxygen atoms in total. The van der Waals surface area contributed by atoms with Gasteiger partial charge in [0.15, 0.2) is 0 Å². The smallest absolute Gasteiger partial charge is 0.339 e. The highest BCUT2D eigenvalue weighted by Crippen LogP contribution is 2.28. The molecule has 0 aromatic heterocycles. The Morgan fingerprint density at radius 3 is 1.95 bits per heavy atom. The molecule has 0 fully saturated rings. The number of benzene rings is 2. The molecular formula is C15H11FO5. The summed E-state index contributed by atoms with van der Waals surface area (Å²) >= 11 is 0. The van der Waals surface area contributed by atoms with E-state index in [-0.39, 0.29) is 11.3 Å². The Hall–Kier alpha value is -2.89. The van der Waals surface area contributed by atoms with Crippen molar-refractivity contribution < 1.29 is 28.9 Å². The van der Waals surface area contributed by atoms with Gasteiger partial charge in [0.1, 0.15) is 17.1 Å². The molecule has 2 rings (SSSR count).